The largest absolute Gasteiger partial charge is 0.534 e. The molecule has 4 saturated carbocycles. The van der Waals surface area contributed by atoms with E-state index in [-0.39, 0.29) is 11.2 Å². The third kappa shape index (κ3) is 2.61. The average Bonchev–Trinajstić information content (AvgIpc) is 2.44. The van der Waals surface area contributed by atoms with Gasteiger partial charge in [-0.05, 0) is 79.4 Å². The van der Waals surface area contributed by atoms with Crippen molar-refractivity contribution in [3.63, 3.8) is 0 Å². The summed E-state index contributed by atoms with van der Waals surface area (Å²) in [4.78, 5) is 0. The molecule has 132 valence electrons. The third-order valence-corrected chi connectivity index (χ3v) is 6.97. The second-order valence-corrected chi connectivity index (χ2v) is 9.24. The molecule has 0 saturated heterocycles. The van der Waals surface area contributed by atoms with Crippen molar-refractivity contribution in [2.24, 2.45) is 17.8 Å². The predicted molar refractivity (Wildman–Crippen MR) is 81.9 cm³/mol. The van der Waals surface area contributed by atoms with E-state index in [0.29, 0.717) is 0 Å². The van der Waals surface area contributed by atoms with Gasteiger partial charge in [-0.15, -0.1) is 0 Å². The Bertz CT molecular complexity index is 702. The summed E-state index contributed by atoms with van der Waals surface area (Å²) >= 11 is 0. The molecule has 0 aromatic heterocycles. The fraction of sp³-hybridized carbons (Fsp3) is 0.647. The van der Waals surface area contributed by atoms with Crippen LogP contribution in [0.2, 0.25) is 0 Å². The van der Waals surface area contributed by atoms with Crippen LogP contribution in [0, 0.1) is 17.8 Å². The van der Waals surface area contributed by atoms with Gasteiger partial charge in [0.15, 0.2) is 0 Å². The average molecular weight is 360 g/mol. The Morgan fingerprint density at radius 3 is 1.79 bits per heavy atom. The normalized spacial score (nSPS) is 35.2. The van der Waals surface area contributed by atoms with Crippen molar-refractivity contribution >= 4 is 10.1 Å². The molecule has 1 aromatic rings. The molecule has 0 atom stereocenters. The molecule has 5 rings (SSSR count). The smallest absolute Gasteiger partial charge is 0.376 e. The molecule has 4 bridgehead atoms. The van der Waals surface area contributed by atoms with Gasteiger partial charge in [0, 0.05) is 0 Å². The molecule has 24 heavy (non-hydrogen) atoms. The van der Waals surface area contributed by atoms with Crippen LogP contribution in [0.1, 0.15) is 44.1 Å². The number of benzene rings is 1. The van der Waals surface area contributed by atoms with E-state index < -0.39 is 15.6 Å². The number of hydrogen-bond acceptors (Lipinski definition) is 3. The van der Waals surface area contributed by atoms with Gasteiger partial charge in [-0.25, -0.2) is 0 Å². The minimum absolute atomic E-state index is 0.121. The zero-order valence-electron chi connectivity index (χ0n) is 13.1. The van der Waals surface area contributed by atoms with E-state index in [1.807, 2.05) is 0 Å². The Kier molecular flexibility index (Phi) is 3.47. The fourth-order valence-electron chi connectivity index (χ4n) is 5.50. The highest BCUT2D eigenvalue weighted by Crippen LogP contribution is 2.60. The molecule has 0 radical (unpaired) electrons. The lowest BCUT2D eigenvalue weighted by atomic mass is 9.48. The van der Waals surface area contributed by atoms with Crippen molar-refractivity contribution in [3.8, 4) is 5.75 Å². The first-order valence-electron chi connectivity index (χ1n) is 8.28. The molecule has 4 aliphatic rings. The zero-order valence-corrected chi connectivity index (χ0v) is 13.9. The van der Waals surface area contributed by atoms with Gasteiger partial charge in [-0.1, -0.05) is 12.1 Å². The highest BCUT2D eigenvalue weighted by atomic mass is 32.2. The Morgan fingerprint density at radius 2 is 1.38 bits per heavy atom. The van der Waals surface area contributed by atoms with Crippen molar-refractivity contribution in [1.82, 2.24) is 0 Å². The van der Waals surface area contributed by atoms with Crippen LogP contribution in [0.25, 0.3) is 0 Å². The number of halogens is 3. The molecule has 0 spiro atoms. The summed E-state index contributed by atoms with van der Waals surface area (Å²) in [6, 6.07) is 6.18. The number of rotatable bonds is 3. The highest BCUT2D eigenvalue weighted by Gasteiger charge is 2.52. The lowest BCUT2D eigenvalue weighted by molar-refractivity contribution is -0.0500. The van der Waals surface area contributed by atoms with E-state index in [1.54, 1.807) is 12.1 Å². The van der Waals surface area contributed by atoms with Gasteiger partial charge < -0.3 is 4.18 Å². The summed E-state index contributed by atoms with van der Waals surface area (Å²) in [6.45, 7) is 0. The van der Waals surface area contributed by atoms with Crippen LogP contribution in [-0.2, 0) is 15.5 Å². The van der Waals surface area contributed by atoms with Gasteiger partial charge >= 0.3 is 15.6 Å². The maximum atomic E-state index is 12.4. The van der Waals surface area contributed by atoms with Crippen molar-refractivity contribution in [2.45, 2.75) is 49.4 Å². The minimum atomic E-state index is -5.61. The highest BCUT2D eigenvalue weighted by molar-refractivity contribution is 7.88. The monoisotopic (exact) mass is 360 g/mol. The van der Waals surface area contributed by atoms with Crippen LogP contribution in [0.15, 0.2) is 24.3 Å². The second-order valence-electron chi connectivity index (χ2n) is 7.71. The van der Waals surface area contributed by atoms with Crippen LogP contribution in [0.3, 0.4) is 0 Å². The summed E-state index contributed by atoms with van der Waals surface area (Å²) in [7, 11) is -5.61. The van der Waals surface area contributed by atoms with E-state index >= 15 is 0 Å². The molecular weight excluding hydrogens is 341 g/mol. The lowest BCUT2D eigenvalue weighted by Gasteiger charge is -2.57. The van der Waals surface area contributed by atoms with Gasteiger partial charge in [0.1, 0.15) is 5.75 Å². The van der Waals surface area contributed by atoms with Crippen molar-refractivity contribution in [1.29, 1.82) is 0 Å². The second kappa shape index (κ2) is 5.13. The lowest BCUT2D eigenvalue weighted by Crippen LogP contribution is -2.48. The van der Waals surface area contributed by atoms with E-state index in [0.717, 1.165) is 42.6 Å². The summed E-state index contributed by atoms with van der Waals surface area (Å²) < 4.78 is 63.5. The van der Waals surface area contributed by atoms with Gasteiger partial charge in [0.25, 0.3) is 0 Å². The standard InChI is InChI=1S/C17H19F3O3S/c18-17(19,20)24(21,22)23-15-3-1-14(2-4-15)16-8-11-5-12(9-16)7-13(6-11)10-16/h1-4,11-13H,5-10H2. The molecule has 7 heteroatoms. The van der Waals surface area contributed by atoms with Crippen molar-refractivity contribution in [3.05, 3.63) is 29.8 Å². The number of alkyl halides is 3. The first-order chi connectivity index (χ1) is 11.2. The SMILES string of the molecule is O=S(=O)(Oc1ccc(C23CC4CC(CC(C4)C2)C3)cc1)C(F)(F)F. The fourth-order valence-corrected chi connectivity index (χ4v) is 5.96. The molecule has 0 heterocycles. The molecule has 0 unspecified atom stereocenters. The van der Waals surface area contributed by atoms with Crippen LogP contribution >= 0.6 is 0 Å². The Balaban J connectivity index is 1.57. The van der Waals surface area contributed by atoms with Crippen LogP contribution in [0.5, 0.6) is 5.75 Å². The van der Waals surface area contributed by atoms with Gasteiger partial charge in [0.05, 0.1) is 0 Å². The first-order valence-corrected chi connectivity index (χ1v) is 9.69. The topological polar surface area (TPSA) is 43.4 Å². The van der Waals surface area contributed by atoms with Gasteiger partial charge in [-0.2, -0.15) is 21.6 Å². The third-order valence-electron chi connectivity index (χ3n) is 5.99. The summed E-state index contributed by atoms with van der Waals surface area (Å²) in [5.41, 5.74) is -4.18. The Morgan fingerprint density at radius 1 is 0.917 bits per heavy atom. The van der Waals surface area contributed by atoms with Crippen LogP contribution < -0.4 is 4.18 Å². The van der Waals surface area contributed by atoms with E-state index in [1.165, 1.54) is 31.4 Å². The molecule has 0 N–H and O–H groups in total. The van der Waals surface area contributed by atoms with E-state index in [9.17, 15) is 21.6 Å². The molecule has 0 amide bonds. The maximum Gasteiger partial charge on any atom is 0.534 e. The number of hydrogen-bond donors (Lipinski definition) is 0. The molecule has 4 fully saturated rings. The molecular formula is C17H19F3O3S. The Hall–Kier alpha value is -1.24. The maximum absolute atomic E-state index is 12.4. The quantitative estimate of drug-likeness (QED) is 0.593. The Labute approximate surface area is 139 Å². The van der Waals surface area contributed by atoms with E-state index in [4.69, 9.17) is 0 Å². The minimum Gasteiger partial charge on any atom is -0.376 e. The van der Waals surface area contributed by atoms with Gasteiger partial charge in [0.2, 0.25) is 0 Å². The van der Waals surface area contributed by atoms with Crippen molar-refractivity contribution < 1.29 is 25.8 Å². The van der Waals surface area contributed by atoms with Gasteiger partial charge in [-0.3, -0.25) is 0 Å². The van der Waals surface area contributed by atoms with Crippen molar-refractivity contribution in [2.75, 3.05) is 0 Å². The summed E-state index contributed by atoms with van der Waals surface area (Å²) in [5, 5.41) is 0. The molecule has 3 nitrogen and oxygen atoms in total. The predicted octanol–water partition coefficient (Wildman–Crippen LogP) is 4.38. The molecule has 4 aliphatic carbocycles. The van der Waals surface area contributed by atoms with Crippen LogP contribution in [-0.4, -0.2) is 13.9 Å². The molecule has 0 aliphatic heterocycles. The molecule has 1 aromatic carbocycles. The zero-order chi connectivity index (χ0) is 17.2. The summed E-state index contributed by atoms with van der Waals surface area (Å²) in [6.07, 6.45) is 7.35. The van der Waals surface area contributed by atoms with Crippen LogP contribution in [0.4, 0.5) is 13.2 Å². The first kappa shape index (κ1) is 16.2. The van der Waals surface area contributed by atoms with E-state index in [2.05, 4.69) is 4.18 Å². The summed E-state index contributed by atoms with van der Waals surface area (Å²) in [5.74, 6) is 1.99.